The second kappa shape index (κ2) is 5.34. The van der Waals surface area contributed by atoms with Crippen LogP contribution in [0.1, 0.15) is 17.8 Å². The average molecular weight is 296 g/mol. The van der Waals surface area contributed by atoms with Gasteiger partial charge in [-0.05, 0) is 20.3 Å². The van der Waals surface area contributed by atoms with Gasteiger partial charge < -0.3 is 0 Å². The third-order valence-corrected chi connectivity index (χ3v) is 4.81. The summed E-state index contributed by atoms with van der Waals surface area (Å²) < 4.78 is 47.5. The van der Waals surface area contributed by atoms with Gasteiger partial charge in [-0.25, -0.2) is 26.7 Å². The van der Waals surface area contributed by atoms with E-state index in [1.165, 1.54) is 0 Å². The molecule has 0 saturated heterocycles. The average Bonchev–Trinajstić information content (AvgIpc) is 2.52. The van der Waals surface area contributed by atoms with Gasteiger partial charge in [-0.15, -0.1) is 0 Å². The van der Waals surface area contributed by atoms with Crippen LogP contribution in [0, 0.1) is 13.8 Å². The Morgan fingerprint density at radius 2 is 1.89 bits per heavy atom. The van der Waals surface area contributed by atoms with E-state index in [1.54, 1.807) is 13.8 Å². The first-order chi connectivity index (χ1) is 8.13. The lowest BCUT2D eigenvalue weighted by atomic mass is 10.4. The molecule has 0 fully saturated rings. The molecule has 104 valence electrons. The Kier molecular flexibility index (Phi) is 4.48. The molecule has 0 saturated carbocycles. The standard InChI is InChI=1S/C8H16N4O4S2/c1-6-8(7(2)12-11-6)18(15,16)10-4-3-5-17(9,13)14/h10H,3-5H2,1-2H3,(H,11,12)(H2,9,13,14). The van der Waals surface area contributed by atoms with Crippen molar-refractivity contribution in [1.82, 2.24) is 14.9 Å². The molecule has 1 aromatic rings. The van der Waals surface area contributed by atoms with E-state index in [4.69, 9.17) is 5.14 Å². The number of aryl methyl sites for hydroxylation is 2. The van der Waals surface area contributed by atoms with E-state index < -0.39 is 20.0 Å². The lowest BCUT2D eigenvalue weighted by molar-refractivity contribution is 0.575. The topological polar surface area (TPSA) is 135 Å². The van der Waals surface area contributed by atoms with Crippen LogP contribution in [0.25, 0.3) is 0 Å². The summed E-state index contributed by atoms with van der Waals surface area (Å²) in [5, 5.41) is 11.2. The van der Waals surface area contributed by atoms with Crippen LogP contribution in [0.3, 0.4) is 0 Å². The summed E-state index contributed by atoms with van der Waals surface area (Å²) in [7, 11) is -7.24. The molecule has 1 rings (SSSR count). The van der Waals surface area contributed by atoms with Crippen molar-refractivity contribution in [3.8, 4) is 0 Å². The van der Waals surface area contributed by atoms with Crippen LogP contribution in [0.15, 0.2) is 4.90 Å². The first kappa shape index (κ1) is 15.1. The van der Waals surface area contributed by atoms with E-state index in [0.717, 1.165) is 0 Å². The number of nitrogens with one attached hydrogen (secondary N) is 2. The first-order valence-electron chi connectivity index (χ1n) is 5.15. The van der Waals surface area contributed by atoms with Crippen molar-refractivity contribution in [3.05, 3.63) is 11.4 Å². The zero-order chi connectivity index (χ0) is 14.0. The molecule has 8 nitrogen and oxygen atoms in total. The third kappa shape index (κ3) is 4.05. The maximum absolute atomic E-state index is 11.9. The highest BCUT2D eigenvalue weighted by molar-refractivity contribution is 7.89. The lowest BCUT2D eigenvalue weighted by Crippen LogP contribution is -2.28. The van der Waals surface area contributed by atoms with Gasteiger partial charge in [-0.1, -0.05) is 0 Å². The van der Waals surface area contributed by atoms with Gasteiger partial charge in [0.25, 0.3) is 0 Å². The van der Waals surface area contributed by atoms with Gasteiger partial charge in [0.1, 0.15) is 4.90 Å². The molecule has 0 unspecified atom stereocenters. The number of H-pyrrole nitrogens is 1. The van der Waals surface area contributed by atoms with Gasteiger partial charge in [0.05, 0.1) is 17.1 Å². The summed E-state index contributed by atoms with van der Waals surface area (Å²) >= 11 is 0. The molecule has 1 heterocycles. The number of primary sulfonamides is 1. The molecule has 0 aliphatic carbocycles. The summed E-state index contributed by atoms with van der Waals surface area (Å²) in [5.74, 6) is -0.265. The molecule has 0 aliphatic heterocycles. The minimum atomic E-state index is -3.68. The quantitative estimate of drug-likeness (QED) is 0.578. The SMILES string of the molecule is Cc1n[nH]c(C)c1S(=O)(=O)NCCCS(N)(=O)=O. The van der Waals surface area contributed by atoms with E-state index in [9.17, 15) is 16.8 Å². The molecular weight excluding hydrogens is 280 g/mol. The van der Waals surface area contributed by atoms with Crippen LogP contribution < -0.4 is 9.86 Å². The van der Waals surface area contributed by atoms with Crippen molar-refractivity contribution in [2.45, 2.75) is 25.2 Å². The highest BCUT2D eigenvalue weighted by Crippen LogP contribution is 2.15. The van der Waals surface area contributed by atoms with Gasteiger partial charge >= 0.3 is 0 Å². The molecule has 0 aromatic carbocycles. The Bertz CT molecular complexity index is 598. The summed E-state index contributed by atoms with van der Waals surface area (Å²) in [6.45, 7) is 3.17. The fourth-order valence-electron chi connectivity index (χ4n) is 1.49. The fraction of sp³-hybridized carbons (Fsp3) is 0.625. The normalized spacial score (nSPS) is 12.8. The largest absolute Gasteiger partial charge is 0.281 e. The van der Waals surface area contributed by atoms with Crippen LogP contribution in [0.2, 0.25) is 0 Å². The monoisotopic (exact) mass is 296 g/mol. The number of rotatable bonds is 6. The van der Waals surface area contributed by atoms with Crippen LogP contribution in [-0.4, -0.2) is 39.3 Å². The van der Waals surface area contributed by atoms with Gasteiger partial charge in [0.2, 0.25) is 20.0 Å². The number of aromatic nitrogens is 2. The smallest absolute Gasteiger partial charge is 0.244 e. The lowest BCUT2D eigenvalue weighted by Gasteiger charge is -2.06. The Labute approximate surface area is 106 Å². The fourth-order valence-corrected chi connectivity index (χ4v) is 3.48. The molecule has 0 radical (unpaired) electrons. The number of nitrogens with two attached hydrogens (primary N) is 1. The van der Waals surface area contributed by atoms with Crippen molar-refractivity contribution in [2.24, 2.45) is 5.14 Å². The number of sulfonamides is 2. The highest BCUT2D eigenvalue weighted by Gasteiger charge is 2.21. The van der Waals surface area contributed by atoms with E-state index in [1.807, 2.05) is 0 Å². The Balaban J connectivity index is 2.67. The molecule has 10 heteroatoms. The number of aromatic amines is 1. The predicted molar refractivity (Wildman–Crippen MR) is 65.8 cm³/mol. The molecule has 1 aromatic heterocycles. The number of hydrogen-bond acceptors (Lipinski definition) is 5. The van der Waals surface area contributed by atoms with Crippen LogP contribution in [0.5, 0.6) is 0 Å². The summed E-state index contributed by atoms with van der Waals surface area (Å²) in [6.07, 6.45) is 0.119. The summed E-state index contributed by atoms with van der Waals surface area (Å²) in [6, 6.07) is 0. The minimum absolute atomic E-state index is 0.00280. The summed E-state index contributed by atoms with van der Waals surface area (Å²) in [5.41, 5.74) is 0.804. The Hall–Kier alpha value is -0.970. The predicted octanol–water partition coefficient (Wildman–Crippen LogP) is -1.02. The van der Waals surface area contributed by atoms with Crippen molar-refractivity contribution in [3.63, 3.8) is 0 Å². The van der Waals surface area contributed by atoms with Crippen LogP contribution >= 0.6 is 0 Å². The second-order valence-corrected chi connectivity index (χ2v) is 7.32. The van der Waals surface area contributed by atoms with Gasteiger partial charge in [0.15, 0.2) is 0 Å². The molecule has 0 bridgehead atoms. The number of nitrogens with zero attached hydrogens (tertiary/aromatic N) is 1. The van der Waals surface area contributed by atoms with Crippen LogP contribution in [-0.2, 0) is 20.0 Å². The maximum Gasteiger partial charge on any atom is 0.244 e. The Morgan fingerprint density at radius 3 is 2.33 bits per heavy atom. The van der Waals surface area contributed by atoms with Gasteiger partial charge in [-0.2, -0.15) is 5.10 Å². The zero-order valence-corrected chi connectivity index (χ0v) is 11.7. The Morgan fingerprint density at radius 1 is 1.28 bits per heavy atom. The van der Waals surface area contributed by atoms with Crippen molar-refractivity contribution in [2.75, 3.05) is 12.3 Å². The van der Waals surface area contributed by atoms with E-state index >= 15 is 0 Å². The third-order valence-electron chi connectivity index (χ3n) is 2.23. The first-order valence-corrected chi connectivity index (χ1v) is 8.35. The van der Waals surface area contributed by atoms with Crippen LogP contribution in [0.4, 0.5) is 0 Å². The maximum atomic E-state index is 11.9. The molecule has 0 spiro atoms. The van der Waals surface area contributed by atoms with E-state index in [2.05, 4.69) is 14.9 Å². The van der Waals surface area contributed by atoms with E-state index in [0.29, 0.717) is 11.4 Å². The summed E-state index contributed by atoms with van der Waals surface area (Å²) in [4.78, 5) is 0.0955. The molecular formula is C8H16N4O4S2. The molecule has 0 amide bonds. The van der Waals surface area contributed by atoms with Gasteiger partial charge in [0, 0.05) is 6.54 Å². The molecule has 0 atom stereocenters. The molecule has 0 aliphatic rings. The van der Waals surface area contributed by atoms with E-state index in [-0.39, 0.29) is 23.6 Å². The number of hydrogen-bond donors (Lipinski definition) is 3. The van der Waals surface area contributed by atoms with Crippen molar-refractivity contribution < 1.29 is 16.8 Å². The van der Waals surface area contributed by atoms with Crippen molar-refractivity contribution >= 4 is 20.0 Å². The highest BCUT2D eigenvalue weighted by atomic mass is 32.2. The van der Waals surface area contributed by atoms with Crippen molar-refractivity contribution in [1.29, 1.82) is 0 Å². The zero-order valence-electron chi connectivity index (χ0n) is 10.1. The molecule has 18 heavy (non-hydrogen) atoms. The minimum Gasteiger partial charge on any atom is -0.281 e. The second-order valence-electron chi connectivity index (χ2n) is 3.88. The molecule has 4 N–H and O–H groups in total. The van der Waals surface area contributed by atoms with Gasteiger partial charge in [-0.3, -0.25) is 5.10 Å².